The summed E-state index contributed by atoms with van der Waals surface area (Å²) < 4.78 is 1.93. The number of amides is 1. The van der Waals surface area contributed by atoms with Crippen LogP contribution in [0, 0.1) is 0 Å². The molecule has 10 heteroatoms. The molecule has 0 spiro atoms. The van der Waals surface area contributed by atoms with Crippen molar-refractivity contribution in [2.24, 2.45) is 0 Å². The van der Waals surface area contributed by atoms with Gasteiger partial charge in [-0.1, -0.05) is 41.4 Å². The standard InChI is InChI=1S/C23H17Cl2N5O3/c24-17-4-1-3-16(11-17)14-29-22(32)20(21(31)27-13-15-7-9-26-10-8-15)28-30(23(29)33)19-6-2-5-18(25)12-19/h1-12H,13-14H2,(H,27,31). The van der Waals surface area contributed by atoms with Crippen LogP contribution in [0.5, 0.6) is 0 Å². The van der Waals surface area contributed by atoms with Gasteiger partial charge >= 0.3 is 5.69 Å². The maximum Gasteiger partial charge on any atom is 0.352 e. The van der Waals surface area contributed by atoms with Crippen molar-refractivity contribution < 1.29 is 4.79 Å². The lowest BCUT2D eigenvalue weighted by Crippen LogP contribution is -2.46. The fourth-order valence-electron chi connectivity index (χ4n) is 3.16. The van der Waals surface area contributed by atoms with Crippen molar-refractivity contribution in [3.05, 3.63) is 121 Å². The fraction of sp³-hybridized carbons (Fsp3) is 0.0870. The number of nitrogens with one attached hydrogen (secondary N) is 1. The molecule has 0 saturated heterocycles. The molecule has 0 radical (unpaired) electrons. The van der Waals surface area contributed by atoms with E-state index >= 15 is 0 Å². The second-order valence-electron chi connectivity index (χ2n) is 7.08. The number of hydrogen-bond donors (Lipinski definition) is 1. The number of carbonyl (C=O) groups excluding carboxylic acids is 1. The molecule has 0 atom stereocenters. The Morgan fingerprint density at radius 2 is 1.61 bits per heavy atom. The second-order valence-corrected chi connectivity index (χ2v) is 7.96. The Bertz CT molecular complexity index is 1430. The Kier molecular flexibility index (Phi) is 6.67. The summed E-state index contributed by atoms with van der Waals surface area (Å²) in [7, 11) is 0. The summed E-state index contributed by atoms with van der Waals surface area (Å²) in [5.74, 6) is -0.715. The largest absolute Gasteiger partial charge is 0.352 e. The molecule has 0 aliphatic rings. The van der Waals surface area contributed by atoms with E-state index < -0.39 is 22.9 Å². The number of nitrogens with zero attached hydrogens (tertiary/aromatic N) is 4. The fourth-order valence-corrected chi connectivity index (χ4v) is 3.55. The molecule has 2 aromatic carbocycles. The van der Waals surface area contributed by atoms with Gasteiger partial charge in [-0.25, -0.2) is 4.79 Å². The van der Waals surface area contributed by atoms with Crippen molar-refractivity contribution in [1.82, 2.24) is 24.6 Å². The Balaban J connectivity index is 1.79. The van der Waals surface area contributed by atoms with E-state index in [2.05, 4.69) is 15.4 Å². The molecule has 33 heavy (non-hydrogen) atoms. The minimum atomic E-state index is -0.814. The molecule has 2 aromatic heterocycles. The molecule has 1 N–H and O–H groups in total. The van der Waals surface area contributed by atoms with Crippen LogP contribution in [0.2, 0.25) is 10.0 Å². The zero-order valence-electron chi connectivity index (χ0n) is 17.1. The molecule has 1 amide bonds. The van der Waals surface area contributed by atoms with Crippen molar-refractivity contribution >= 4 is 29.1 Å². The van der Waals surface area contributed by atoms with Crippen LogP contribution in [0.15, 0.2) is 82.6 Å². The van der Waals surface area contributed by atoms with Crippen LogP contribution in [-0.2, 0) is 13.1 Å². The highest BCUT2D eigenvalue weighted by Gasteiger charge is 2.20. The van der Waals surface area contributed by atoms with E-state index in [9.17, 15) is 14.4 Å². The molecule has 0 unspecified atom stereocenters. The number of carbonyl (C=O) groups is 1. The third-order valence-corrected chi connectivity index (χ3v) is 5.23. The third-order valence-electron chi connectivity index (χ3n) is 4.76. The number of pyridine rings is 1. The highest BCUT2D eigenvalue weighted by molar-refractivity contribution is 6.31. The number of rotatable bonds is 6. The Labute approximate surface area is 198 Å². The summed E-state index contributed by atoms with van der Waals surface area (Å²) in [6.45, 7) is 0.0685. The minimum absolute atomic E-state index is 0.0913. The first-order valence-electron chi connectivity index (χ1n) is 9.84. The van der Waals surface area contributed by atoms with Gasteiger partial charge in [-0.05, 0) is 53.6 Å². The molecule has 4 rings (SSSR count). The van der Waals surface area contributed by atoms with Gasteiger partial charge in [0.25, 0.3) is 11.5 Å². The molecule has 0 fully saturated rings. The van der Waals surface area contributed by atoms with Gasteiger partial charge in [0.15, 0.2) is 0 Å². The zero-order valence-corrected chi connectivity index (χ0v) is 18.6. The van der Waals surface area contributed by atoms with Crippen molar-refractivity contribution in [2.45, 2.75) is 13.1 Å². The van der Waals surface area contributed by atoms with Gasteiger partial charge in [0.1, 0.15) is 0 Å². The zero-order chi connectivity index (χ0) is 23.4. The van der Waals surface area contributed by atoms with Crippen LogP contribution in [0.25, 0.3) is 5.69 Å². The van der Waals surface area contributed by atoms with Gasteiger partial charge in [0.05, 0.1) is 12.2 Å². The molecule has 0 aliphatic heterocycles. The van der Waals surface area contributed by atoms with Gasteiger partial charge < -0.3 is 5.32 Å². The van der Waals surface area contributed by atoms with Crippen LogP contribution in [0.3, 0.4) is 0 Å². The highest BCUT2D eigenvalue weighted by atomic mass is 35.5. The lowest BCUT2D eigenvalue weighted by atomic mass is 10.2. The predicted octanol–water partition coefficient (Wildman–Crippen LogP) is 3.07. The summed E-state index contributed by atoms with van der Waals surface area (Å²) >= 11 is 12.1. The average Bonchev–Trinajstić information content (AvgIpc) is 2.81. The van der Waals surface area contributed by atoms with E-state index in [1.165, 1.54) is 6.07 Å². The van der Waals surface area contributed by atoms with E-state index in [1.54, 1.807) is 67.0 Å². The molecule has 2 heterocycles. The maximum absolute atomic E-state index is 13.2. The average molecular weight is 482 g/mol. The normalized spacial score (nSPS) is 10.7. The van der Waals surface area contributed by atoms with Crippen LogP contribution >= 0.6 is 23.2 Å². The van der Waals surface area contributed by atoms with Crippen LogP contribution in [0.1, 0.15) is 21.6 Å². The molecular formula is C23H17Cl2N5O3. The van der Waals surface area contributed by atoms with E-state index in [-0.39, 0.29) is 13.1 Å². The molecule has 0 saturated carbocycles. The van der Waals surface area contributed by atoms with E-state index in [4.69, 9.17) is 23.2 Å². The quantitative estimate of drug-likeness (QED) is 0.456. The summed E-state index contributed by atoms with van der Waals surface area (Å²) in [5.41, 5.74) is -0.228. The number of benzene rings is 2. The van der Waals surface area contributed by atoms with Gasteiger partial charge in [0, 0.05) is 29.0 Å². The van der Waals surface area contributed by atoms with Crippen molar-refractivity contribution in [2.75, 3.05) is 0 Å². The van der Waals surface area contributed by atoms with Crippen LogP contribution in [-0.4, -0.2) is 25.2 Å². The Hall–Kier alpha value is -3.75. The van der Waals surface area contributed by atoms with E-state index in [0.717, 1.165) is 14.8 Å². The maximum atomic E-state index is 13.2. The van der Waals surface area contributed by atoms with Gasteiger partial charge in [-0.15, -0.1) is 0 Å². The van der Waals surface area contributed by atoms with Gasteiger partial charge in [-0.2, -0.15) is 9.78 Å². The molecule has 0 aliphatic carbocycles. The van der Waals surface area contributed by atoms with Crippen molar-refractivity contribution in [3.8, 4) is 5.69 Å². The molecule has 4 aromatic rings. The van der Waals surface area contributed by atoms with E-state index in [0.29, 0.717) is 21.3 Å². The lowest BCUT2D eigenvalue weighted by Gasteiger charge is -2.13. The topological polar surface area (TPSA) is 98.9 Å². The molecule has 166 valence electrons. The minimum Gasteiger partial charge on any atom is -0.346 e. The summed E-state index contributed by atoms with van der Waals surface area (Å²) in [5, 5.41) is 7.57. The first-order valence-corrected chi connectivity index (χ1v) is 10.6. The van der Waals surface area contributed by atoms with Crippen LogP contribution in [0.4, 0.5) is 0 Å². The SMILES string of the molecule is O=C(NCc1ccncc1)c1nn(-c2cccc(Cl)c2)c(=O)n(Cc2cccc(Cl)c2)c1=O. The number of hydrogen-bond acceptors (Lipinski definition) is 5. The number of aromatic nitrogens is 4. The first kappa shape index (κ1) is 22.4. The lowest BCUT2D eigenvalue weighted by molar-refractivity contribution is 0.0941. The summed E-state index contributed by atoms with van der Waals surface area (Å²) in [6.07, 6.45) is 3.19. The molecular weight excluding hydrogens is 465 g/mol. The number of halogens is 2. The smallest absolute Gasteiger partial charge is 0.346 e. The summed E-state index contributed by atoms with van der Waals surface area (Å²) in [4.78, 5) is 43.2. The van der Waals surface area contributed by atoms with Crippen LogP contribution < -0.4 is 16.6 Å². The monoisotopic (exact) mass is 481 g/mol. The Morgan fingerprint density at radius 1 is 0.909 bits per heavy atom. The van der Waals surface area contributed by atoms with Gasteiger partial charge in [0.2, 0.25) is 5.69 Å². The second kappa shape index (κ2) is 9.81. The predicted molar refractivity (Wildman–Crippen MR) is 125 cm³/mol. The highest BCUT2D eigenvalue weighted by Crippen LogP contribution is 2.13. The van der Waals surface area contributed by atoms with E-state index in [1.807, 2.05) is 0 Å². The van der Waals surface area contributed by atoms with Crippen molar-refractivity contribution in [3.63, 3.8) is 0 Å². The molecule has 8 nitrogen and oxygen atoms in total. The summed E-state index contributed by atoms with van der Waals surface area (Å²) in [6, 6.07) is 16.6. The van der Waals surface area contributed by atoms with Gasteiger partial charge in [-0.3, -0.25) is 19.1 Å². The third kappa shape index (κ3) is 5.19. The van der Waals surface area contributed by atoms with Crippen molar-refractivity contribution in [1.29, 1.82) is 0 Å². The Morgan fingerprint density at radius 3 is 2.30 bits per heavy atom. The first-order chi connectivity index (χ1) is 15.9. The molecule has 0 bridgehead atoms.